The quantitative estimate of drug-likeness (QED) is 0.264. The highest BCUT2D eigenvalue weighted by Crippen LogP contribution is 2.07. The Morgan fingerprint density at radius 2 is 2.29 bits per heavy atom. The molecule has 1 unspecified atom stereocenters. The van der Waals surface area contributed by atoms with Crippen LogP contribution >= 0.6 is 0 Å². The van der Waals surface area contributed by atoms with Crippen LogP contribution in [0.3, 0.4) is 0 Å². The smallest absolute Gasteiger partial charge is 0.140 e. The van der Waals surface area contributed by atoms with Gasteiger partial charge in [0.05, 0.1) is 0 Å². The molecule has 0 radical (unpaired) electrons. The highest BCUT2D eigenvalue weighted by molar-refractivity contribution is 5.80. The van der Waals surface area contributed by atoms with E-state index < -0.39 is 0 Å². The zero-order valence-corrected chi connectivity index (χ0v) is 8.57. The second-order valence-corrected chi connectivity index (χ2v) is 3.75. The molecule has 1 saturated heterocycles. The standard InChI is InChI=1S/C9H19N3O2/c1-7(6-9(10)12-13)11-8-2-4-14-5-3-8/h7-8,11,13H,2-6H2,1H3,(H2,10,12). The van der Waals surface area contributed by atoms with Crippen molar-refractivity contribution in [3.63, 3.8) is 0 Å². The molecular formula is C9H19N3O2. The molecule has 1 aliphatic rings. The molecule has 14 heavy (non-hydrogen) atoms. The van der Waals surface area contributed by atoms with Crippen LogP contribution in [0.1, 0.15) is 26.2 Å². The summed E-state index contributed by atoms with van der Waals surface area (Å²) >= 11 is 0. The summed E-state index contributed by atoms with van der Waals surface area (Å²) in [6, 6.07) is 0.749. The Kier molecular flexibility index (Phi) is 4.69. The summed E-state index contributed by atoms with van der Waals surface area (Å²) in [5.41, 5.74) is 5.41. The average Bonchev–Trinajstić information content (AvgIpc) is 2.19. The maximum absolute atomic E-state index is 8.40. The molecule has 1 fully saturated rings. The van der Waals surface area contributed by atoms with Gasteiger partial charge in [0, 0.05) is 31.7 Å². The predicted octanol–water partition coefficient (Wildman–Crippen LogP) is 0.280. The first-order chi connectivity index (χ1) is 6.72. The summed E-state index contributed by atoms with van der Waals surface area (Å²) in [6.45, 7) is 3.69. The fraction of sp³-hybridized carbons (Fsp3) is 0.889. The molecule has 0 aromatic rings. The monoisotopic (exact) mass is 201 g/mol. The molecule has 5 nitrogen and oxygen atoms in total. The van der Waals surface area contributed by atoms with Crippen LogP contribution in [-0.4, -0.2) is 36.3 Å². The molecule has 1 rings (SSSR count). The van der Waals surface area contributed by atoms with Gasteiger partial charge in [0.25, 0.3) is 0 Å². The molecule has 0 aromatic heterocycles. The lowest BCUT2D eigenvalue weighted by molar-refractivity contribution is 0.0756. The molecule has 5 heteroatoms. The van der Waals surface area contributed by atoms with Crippen molar-refractivity contribution >= 4 is 5.84 Å². The van der Waals surface area contributed by atoms with E-state index in [-0.39, 0.29) is 11.9 Å². The molecule has 1 aliphatic heterocycles. The summed E-state index contributed by atoms with van der Waals surface area (Å²) in [5.74, 6) is 0.275. The first kappa shape index (κ1) is 11.3. The summed E-state index contributed by atoms with van der Waals surface area (Å²) in [6.07, 6.45) is 2.66. The van der Waals surface area contributed by atoms with E-state index in [2.05, 4.69) is 10.5 Å². The van der Waals surface area contributed by atoms with Gasteiger partial charge in [-0.3, -0.25) is 0 Å². The summed E-state index contributed by atoms with van der Waals surface area (Å²) in [5, 5.41) is 14.8. The lowest BCUT2D eigenvalue weighted by Crippen LogP contribution is -2.41. The number of hydrogen-bond donors (Lipinski definition) is 3. The molecule has 0 amide bonds. The van der Waals surface area contributed by atoms with Gasteiger partial charge in [-0.25, -0.2) is 0 Å². The molecule has 0 saturated carbocycles. The predicted molar refractivity (Wildman–Crippen MR) is 54.5 cm³/mol. The normalized spacial score (nSPS) is 22.2. The maximum atomic E-state index is 8.40. The van der Waals surface area contributed by atoms with Gasteiger partial charge in [0.1, 0.15) is 5.84 Å². The topological polar surface area (TPSA) is 79.9 Å². The van der Waals surface area contributed by atoms with Crippen LogP contribution in [0.15, 0.2) is 5.16 Å². The highest BCUT2D eigenvalue weighted by Gasteiger charge is 2.16. The van der Waals surface area contributed by atoms with E-state index in [1.165, 1.54) is 0 Å². The van der Waals surface area contributed by atoms with Crippen LogP contribution < -0.4 is 11.1 Å². The van der Waals surface area contributed by atoms with Crippen LogP contribution in [0.4, 0.5) is 0 Å². The summed E-state index contributed by atoms with van der Waals surface area (Å²) < 4.78 is 5.26. The summed E-state index contributed by atoms with van der Waals surface area (Å²) in [4.78, 5) is 0. The van der Waals surface area contributed by atoms with Gasteiger partial charge in [0.2, 0.25) is 0 Å². The minimum atomic E-state index is 0.244. The number of rotatable bonds is 4. The first-order valence-corrected chi connectivity index (χ1v) is 5.02. The SMILES string of the molecule is CC(CC(N)=NO)NC1CCOCC1. The zero-order valence-electron chi connectivity index (χ0n) is 8.57. The molecule has 0 aliphatic carbocycles. The zero-order chi connectivity index (χ0) is 10.4. The molecular weight excluding hydrogens is 182 g/mol. The van der Waals surface area contributed by atoms with Crippen molar-refractivity contribution in [1.29, 1.82) is 0 Å². The maximum Gasteiger partial charge on any atom is 0.140 e. The van der Waals surface area contributed by atoms with Gasteiger partial charge in [-0.05, 0) is 19.8 Å². The Labute approximate surface area is 84.3 Å². The number of oxime groups is 1. The average molecular weight is 201 g/mol. The Bertz CT molecular complexity index is 190. The lowest BCUT2D eigenvalue weighted by atomic mass is 10.1. The number of nitrogens with zero attached hydrogens (tertiary/aromatic N) is 1. The first-order valence-electron chi connectivity index (χ1n) is 5.02. The van der Waals surface area contributed by atoms with Crippen molar-refractivity contribution in [1.82, 2.24) is 5.32 Å². The van der Waals surface area contributed by atoms with Crippen molar-refractivity contribution in [2.24, 2.45) is 10.9 Å². The number of hydrogen-bond acceptors (Lipinski definition) is 4. The molecule has 1 heterocycles. The molecule has 0 spiro atoms. The largest absolute Gasteiger partial charge is 0.409 e. The Hall–Kier alpha value is -0.810. The summed E-state index contributed by atoms with van der Waals surface area (Å²) in [7, 11) is 0. The Morgan fingerprint density at radius 1 is 1.64 bits per heavy atom. The van der Waals surface area contributed by atoms with Gasteiger partial charge in [-0.2, -0.15) is 0 Å². The third kappa shape index (κ3) is 3.93. The van der Waals surface area contributed by atoms with Crippen molar-refractivity contribution in [2.45, 2.75) is 38.3 Å². The second kappa shape index (κ2) is 5.82. The molecule has 0 bridgehead atoms. The van der Waals surface area contributed by atoms with Crippen molar-refractivity contribution in [3.05, 3.63) is 0 Å². The van der Waals surface area contributed by atoms with Crippen molar-refractivity contribution < 1.29 is 9.94 Å². The minimum absolute atomic E-state index is 0.244. The van der Waals surface area contributed by atoms with Crippen LogP contribution in [-0.2, 0) is 4.74 Å². The van der Waals surface area contributed by atoms with E-state index in [1.807, 2.05) is 6.92 Å². The van der Waals surface area contributed by atoms with Crippen LogP contribution in [0, 0.1) is 0 Å². The molecule has 82 valence electrons. The fourth-order valence-corrected chi connectivity index (χ4v) is 1.68. The van der Waals surface area contributed by atoms with E-state index in [0.29, 0.717) is 12.5 Å². The van der Waals surface area contributed by atoms with E-state index in [1.54, 1.807) is 0 Å². The van der Waals surface area contributed by atoms with E-state index in [4.69, 9.17) is 15.7 Å². The molecule has 1 atom stereocenters. The van der Waals surface area contributed by atoms with Gasteiger partial charge >= 0.3 is 0 Å². The number of ether oxygens (including phenoxy) is 1. The third-order valence-electron chi connectivity index (χ3n) is 2.39. The number of nitrogens with two attached hydrogens (primary N) is 1. The highest BCUT2D eigenvalue weighted by atomic mass is 16.5. The molecule has 0 aromatic carbocycles. The van der Waals surface area contributed by atoms with E-state index in [9.17, 15) is 0 Å². The van der Waals surface area contributed by atoms with Crippen LogP contribution in [0.5, 0.6) is 0 Å². The van der Waals surface area contributed by atoms with Gasteiger partial charge < -0.3 is 21.0 Å². The minimum Gasteiger partial charge on any atom is -0.409 e. The second-order valence-electron chi connectivity index (χ2n) is 3.75. The number of nitrogens with one attached hydrogen (secondary N) is 1. The fourth-order valence-electron chi connectivity index (χ4n) is 1.68. The Morgan fingerprint density at radius 3 is 2.86 bits per heavy atom. The third-order valence-corrected chi connectivity index (χ3v) is 2.39. The van der Waals surface area contributed by atoms with Crippen LogP contribution in [0.25, 0.3) is 0 Å². The van der Waals surface area contributed by atoms with Crippen molar-refractivity contribution in [2.75, 3.05) is 13.2 Å². The lowest BCUT2D eigenvalue weighted by Gasteiger charge is -2.26. The van der Waals surface area contributed by atoms with E-state index >= 15 is 0 Å². The van der Waals surface area contributed by atoms with Gasteiger partial charge in [-0.15, -0.1) is 0 Å². The van der Waals surface area contributed by atoms with E-state index in [0.717, 1.165) is 26.1 Å². The molecule has 4 N–H and O–H groups in total. The van der Waals surface area contributed by atoms with Crippen molar-refractivity contribution in [3.8, 4) is 0 Å². The van der Waals surface area contributed by atoms with Gasteiger partial charge in [0.15, 0.2) is 0 Å². The van der Waals surface area contributed by atoms with Crippen LogP contribution in [0.2, 0.25) is 0 Å². The number of amidine groups is 1. The Balaban J connectivity index is 2.21. The van der Waals surface area contributed by atoms with Gasteiger partial charge in [-0.1, -0.05) is 5.16 Å².